The van der Waals surface area contributed by atoms with Crippen LogP contribution in [0.4, 0.5) is 20.2 Å². The number of rotatable bonds is 5. The third-order valence-electron chi connectivity index (χ3n) is 4.50. The van der Waals surface area contributed by atoms with Crippen LogP contribution in [0.2, 0.25) is 0 Å². The summed E-state index contributed by atoms with van der Waals surface area (Å²) in [4.78, 5) is 14.6. The van der Waals surface area contributed by atoms with Crippen molar-refractivity contribution in [2.24, 2.45) is 5.92 Å². The molecule has 3 rings (SSSR count). The van der Waals surface area contributed by atoms with Crippen molar-refractivity contribution in [2.45, 2.75) is 26.4 Å². The number of carbonyl (C=O) groups is 1. The van der Waals surface area contributed by atoms with Gasteiger partial charge in [0, 0.05) is 30.5 Å². The van der Waals surface area contributed by atoms with Gasteiger partial charge in [0.05, 0.1) is 0 Å². The molecule has 26 heavy (non-hydrogen) atoms. The van der Waals surface area contributed by atoms with E-state index in [2.05, 4.69) is 17.1 Å². The summed E-state index contributed by atoms with van der Waals surface area (Å²) < 4.78 is 31.5. The second-order valence-electron chi connectivity index (χ2n) is 6.71. The molecule has 0 aromatic heterocycles. The number of hydrogen-bond donors (Lipinski definition) is 1. The minimum Gasteiger partial charge on any atom is -0.481 e. The maximum absolute atomic E-state index is 13.2. The van der Waals surface area contributed by atoms with E-state index >= 15 is 0 Å². The fourth-order valence-electron chi connectivity index (χ4n) is 2.98. The molecule has 1 aliphatic heterocycles. The van der Waals surface area contributed by atoms with E-state index in [1.165, 1.54) is 12.5 Å². The van der Waals surface area contributed by atoms with Gasteiger partial charge in [0.2, 0.25) is 0 Å². The molecule has 2 aromatic rings. The van der Waals surface area contributed by atoms with Gasteiger partial charge in [-0.15, -0.1) is 0 Å². The average molecular weight is 360 g/mol. The SMILES string of the molecule is CC1CCN(c2ccc(NC(=O)C(C)Oc3ccc(F)c(F)c3)cc2)C1. The lowest BCUT2D eigenvalue weighted by atomic mass is 10.2. The van der Waals surface area contributed by atoms with Crippen molar-refractivity contribution in [3.8, 4) is 5.75 Å². The van der Waals surface area contributed by atoms with Crippen LogP contribution in [-0.4, -0.2) is 25.1 Å². The van der Waals surface area contributed by atoms with Crippen molar-refractivity contribution in [3.05, 3.63) is 54.1 Å². The van der Waals surface area contributed by atoms with Gasteiger partial charge < -0.3 is 15.0 Å². The Labute approximate surface area is 151 Å². The summed E-state index contributed by atoms with van der Waals surface area (Å²) in [5, 5.41) is 2.76. The van der Waals surface area contributed by atoms with Crippen molar-refractivity contribution < 1.29 is 18.3 Å². The molecule has 2 unspecified atom stereocenters. The first-order valence-electron chi connectivity index (χ1n) is 8.70. The first kappa shape index (κ1) is 18.2. The summed E-state index contributed by atoms with van der Waals surface area (Å²) in [5.41, 5.74) is 1.80. The Morgan fingerprint density at radius 1 is 1.19 bits per heavy atom. The summed E-state index contributed by atoms with van der Waals surface area (Å²) in [6.45, 7) is 5.89. The number of halogens is 2. The number of nitrogens with zero attached hydrogens (tertiary/aromatic N) is 1. The molecule has 1 heterocycles. The molecule has 1 aliphatic rings. The first-order valence-corrected chi connectivity index (χ1v) is 8.70. The van der Waals surface area contributed by atoms with Crippen molar-refractivity contribution >= 4 is 17.3 Å². The zero-order valence-corrected chi connectivity index (χ0v) is 14.8. The van der Waals surface area contributed by atoms with Gasteiger partial charge in [-0.2, -0.15) is 0 Å². The van der Waals surface area contributed by atoms with Crippen LogP contribution in [-0.2, 0) is 4.79 Å². The Morgan fingerprint density at radius 2 is 1.92 bits per heavy atom. The summed E-state index contributed by atoms with van der Waals surface area (Å²) in [5.74, 6) is -1.53. The molecule has 6 heteroatoms. The van der Waals surface area contributed by atoms with Gasteiger partial charge in [-0.05, 0) is 55.7 Å². The molecule has 2 aromatic carbocycles. The number of benzene rings is 2. The molecule has 0 radical (unpaired) electrons. The highest BCUT2D eigenvalue weighted by atomic mass is 19.2. The van der Waals surface area contributed by atoms with E-state index in [0.717, 1.165) is 30.9 Å². The number of hydrogen-bond acceptors (Lipinski definition) is 3. The van der Waals surface area contributed by atoms with Gasteiger partial charge in [-0.1, -0.05) is 6.92 Å². The fraction of sp³-hybridized carbons (Fsp3) is 0.350. The molecule has 1 N–H and O–H groups in total. The molecule has 0 aliphatic carbocycles. The Morgan fingerprint density at radius 3 is 2.54 bits per heavy atom. The molecule has 4 nitrogen and oxygen atoms in total. The predicted molar refractivity (Wildman–Crippen MR) is 97.5 cm³/mol. The van der Waals surface area contributed by atoms with Crippen molar-refractivity contribution in [1.29, 1.82) is 0 Å². The maximum Gasteiger partial charge on any atom is 0.265 e. The highest BCUT2D eigenvalue weighted by Crippen LogP contribution is 2.25. The smallest absolute Gasteiger partial charge is 0.265 e. The molecule has 1 saturated heterocycles. The van der Waals surface area contributed by atoms with Crippen LogP contribution in [0.5, 0.6) is 5.75 Å². The third kappa shape index (κ3) is 4.31. The number of carbonyl (C=O) groups excluding carboxylic acids is 1. The quantitative estimate of drug-likeness (QED) is 0.868. The van der Waals surface area contributed by atoms with Gasteiger partial charge in [-0.3, -0.25) is 4.79 Å². The van der Waals surface area contributed by atoms with Crippen molar-refractivity contribution in [1.82, 2.24) is 0 Å². The van der Waals surface area contributed by atoms with Crippen molar-refractivity contribution in [3.63, 3.8) is 0 Å². The molecular weight excluding hydrogens is 338 g/mol. The lowest BCUT2D eigenvalue weighted by Crippen LogP contribution is -2.30. The monoisotopic (exact) mass is 360 g/mol. The second kappa shape index (κ2) is 7.72. The Balaban J connectivity index is 1.57. The molecule has 0 saturated carbocycles. The van der Waals surface area contributed by atoms with Crippen LogP contribution in [0, 0.1) is 17.6 Å². The highest BCUT2D eigenvalue weighted by Gasteiger charge is 2.19. The molecule has 2 atom stereocenters. The minimum atomic E-state index is -1.01. The Kier molecular flexibility index (Phi) is 5.40. The minimum absolute atomic E-state index is 0.102. The Hall–Kier alpha value is -2.63. The Bertz CT molecular complexity index is 780. The second-order valence-corrected chi connectivity index (χ2v) is 6.71. The van der Waals surface area contributed by atoms with Crippen LogP contribution in [0.1, 0.15) is 20.3 Å². The molecular formula is C20H22F2N2O2. The number of anilines is 2. The van der Waals surface area contributed by atoms with Gasteiger partial charge >= 0.3 is 0 Å². The van der Waals surface area contributed by atoms with Gasteiger partial charge in [-0.25, -0.2) is 8.78 Å². The molecule has 138 valence electrons. The lowest BCUT2D eigenvalue weighted by molar-refractivity contribution is -0.122. The lowest BCUT2D eigenvalue weighted by Gasteiger charge is -2.19. The van der Waals surface area contributed by atoms with E-state index in [9.17, 15) is 13.6 Å². The average Bonchev–Trinajstić information content (AvgIpc) is 3.05. The fourth-order valence-corrected chi connectivity index (χ4v) is 2.98. The van der Waals surface area contributed by atoms with Crippen LogP contribution in [0.25, 0.3) is 0 Å². The van der Waals surface area contributed by atoms with E-state index in [4.69, 9.17) is 4.74 Å². The summed E-state index contributed by atoms with van der Waals surface area (Å²) in [6, 6.07) is 10.8. The zero-order chi connectivity index (χ0) is 18.7. The number of nitrogens with one attached hydrogen (secondary N) is 1. The van der Waals surface area contributed by atoms with Gasteiger partial charge in [0.15, 0.2) is 17.7 Å². The first-order chi connectivity index (χ1) is 12.4. The summed E-state index contributed by atoms with van der Waals surface area (Å²) in [6.07, 6.45) is 0.344. The van der Waals surface area contributed by atoms with Crippen LogP contribution in [0.15, 0.2) is 42.5 Å². The van der Waals surface area contributed by atoms with E-state index in [1.54, 1.807) is 6.92 Å². The molecule has 0 bridgehead atoms. The molecule has 1 fully saturated rings. The van der Waals surface area contributed by atoms with Crippen LogP contribution in [0.3, 0.4) is 0 Å². The van der Waals surface area contributed by atoms with E-state index in [0.29, 0.717) is 11.6 Å². The third-order valence-corrected chi connectivity index (χ3v) is 4.50. The zero-order valence-electron chi connectivity index (χ0n) is 14.8. The summed E-state index contributed by atoms with van der Waals surface area (Å²) in [7, 11) is 0. The van der Waals surface area contributed by atoms with E-state index in [1.807, 2.05) is 24.3 Å². The van der Waals surface area contributed by atoms with E-state index in [-0.39, 0.29) is 11.7 Å². The van der Waals surface area contributed by atoms with Crippen LogP contribution >= 0.6 is 0 Å². The number of amides is 1. The molecule has 1 amide bonds. The van der Waals surface area contributed by atoms with Crippen LogP contribution < -0.4 is 15.0 Å². The normalized spacial score (nSPS) is 17.8. The topological polar surface area (TPSA) is 41.6 Å². The molecule has 0 spiro atoms. The van der Waals surface area contributed by atoms with Gasteiger partial charge in [0.1, 0.15) is 5.75 Å². The van der Waals surface area contributed by atoms with Gasteiger partial charge in [0.25, 0.3) is 5.91 Å². The standard InChI is InChI=1S/C20H22F2N2O2/c1-13-9-10-24(12-13)16-5-3-15(4-6-16)23-20(25)14(2)26-17-7-8-18(21)19(22)11-17/h3-8,11,13-14H,9-10,12H2,1-2H3,(H,23,25). The predicted octanol–water partition coefficient (Wildman–Crippen LogP) is 4.22. The largest absolute Gasteiger partial charge is 0.481 e. The summed E-state index contributed by atoms with van der Waals surface area (Å²) >= 11 is 0. The van der Waals surface area contributed by atoms with Crippen molar-refractivity contribution in [2.75, 3.05) is 23.3 Å². The number of ether oxygens (including phenoxy) is 1. The van der Waals surface area contributed by atoms with E-state index < -0.39 is 17.7 Å². The maximum atomic E-state index is 13.2. The highest BCUT2D eigenvalue weighted by molar-refractivity contribution is 5.94.